The molecule has 0 N–H and O–H groups in total. The van der Waals surface area contributed by atoms with Crippen LogP contribution >= 0.6 is 11.6 Å². The summed E-state index contributed by atoms with van der Waals surface area (Å²) in [6, 6.07) is 18.9. The first-order chi connectivity index (χ1) is 17.9. The third-order valence-electron chi connectivity index (χ3n) is 7.15. The second-order valence-electron chi connectivity index (χ2n) is 9.26. The van der Waals surface area contributed by atoms with E-state index in [-0.39, 0.29) is 17.4 Å². The van der Waals surface area contributed by atoms with Gasteiger partial charge in [-0.05, 0) is 30.3 Å². The Morgan fingerprint density at radius 2 is 1.57 bits per heavy atom. The van der Waals surface area contributed by atoms with E-state index in [1.54, 1.807) is 71.6 Å². The molecule has 8 heteroatoms. The molecule has 0 spiro atoms. The molecule has 3 aromatic rings. The minimum Gasteiger partial charge on any atom is -0.424 e. The van der Waals surface area contributed by atoms with Gasteiger partial charge in [-0.15, -0.1) is 0 Å². The largest absolute Gasteiger partial charge is 0.424 e. The summed E-state index contributed by atoms with van der Waals surface area (Å²) in [7, 11) is 0. The number of benzene rings is 3. The summed E-state index contributed by atoms with van der Waals surface area (Å²) in [4.78, 5) is 56.7. The SMILES string of the molecule is CC(=O)Oc1cccc2c1N1[C@H](C=C2)[C@H]2C(=O)N(c3ccc(Cl)cc3)C(=O)[C@@H]2[C@@H]1C(=O)c1ccccc1. The fourth-order valence-corrected chi connectivity index (χ4v) is 5.86. The topological polar surface area (TPSA) is 84.0 Å². The van der Waals surface area contributed by atoms with Crippen LogP contribution in [0.25, 0.3) is 6.08 Å². The number of fused-ring (bicyclic) bond motifs is 5. The van der Waals surface area contributed by atoms with E-state index in [0.29, 0.717) is 22.0 Å². The Morgan fingerprint density at radius 1 is 0.865 bits per heavy atom. The van der Waals surface area contributed by atoms with E-state index in [0.717, 1.165) is 10.5 Å². The molecule has 4 atom stereocenters. The van der Waals surface area contributed by atoms with Crippen molar-refractivity contribution in [3.63, 3.8) is 0 Å². The van der Waals surface area contributed by atoms with Gasteiger partial charge in [-0.25, -0.2) is 4.90 Å². The van der Waals surface area contributed by atoms with E-state index in [1.165, 1.54) is 6.92 Å². The second kappa shape index (κ2) is 8.71. The number of halogens is 1. The molecule has 0 aromatic heterocycles. The highest BCUT2D eigenvalue weighted by atomic mass is 35.5. The predicted octanol–water partition coefficient (Wildman–Crippen LogP) is 4.54. The minimum atomic E-state index is -0.980. The van der Waals surface area contributed by atoms with Gasteiger partial charge < -0.3 is 9.64 Å². The van der Waals surface area contributed by atoms with Crippen molar-refractivity contribution in [2.75, 3.05) is 9.80 Å². The van der Waals surface area contributed by atoms with Gasteiger partial charge in [-0.2, -0.15) is 0 Å². The second-order valence-corrected chi connectivity index (χ2v) is 9.70. The van der Waals surface area contributed by atoms with E-state index in [4.69, 9.17) is 16.3 Å². The van der Waals surface area contributed by atoms with Crippen LogP contribution in [0.3, 0.4) is 0 Å². The highest BCUT2D eigenvalue weighted by molar-refractivity contribution is 6.31. The van der Waals surface area contributed by atoms with Gasteiger partial charge in [-0.1, -0.05) is 66.2 Å². The van der Waals surface area contributed by atoms with Crippen molar-refractivity contribution in [3.8, 4) is 5.75 Å². The summed E-state index contributed by atoms with van der Waals surface area (Å²) in [5.74, 6) is -3.06. The normalized spacial score (nSPS) is 23.5. The number of hydrogen-bond acceptors (Lipinski definition) is 6. The van der Waals surface area contributed by atoms with Crippen LogP contribution in [0.2, 0.25) is 5.02 Å². The zero-order chi connectivity index (χ0) is 25.8. The number of rotatable bonds is 4. The number of anilines is 2. The molecule has 0 radical (unpaired) electrons. The molecule has 37 heavy (non-hydrogen) atoms. The highest BCUT2D eigenvalue weighted by Gasteiger charge is 2.64. The number of imide groups is 1. The number of nitrogens with zero attached hydrogens (tertiary/aromatic N) is 2. The summed E-state index contributed by atoms with van der Waals surface area (Å²) < 4.78 is 5.51. The number of Topliss-reactive ketones (excluding diaryl/α,β-unsaturated/α-hetero) is 1. The Morgan fingerprint density at radius 3 is 2.27 bits per heavy atom. The molecular formula is C29H21ClN2O5. The monoisotopic (exact) mass is 512 g/mol. The van der Waals surface area contributed by atoms with Gasteiger partial charge in [-0.3, -0.25) is 19.2 Å². The number of amides is 2. The summed E-state index contributed by atoms with van der Waals surface area (Å²) in [5, 5.41) is 0.483. The zero-order valence-electron chi connectivity index (χ0n) is 19.7. The van der Waals surface area contributed by atoms with E-state index in [1.807, 2.05) is 18.2 Å². The maximum atomic E-state index is 14.1. The number of para-hydroxylation sites is 1. The lowest BCUT2D eigenvalue weighted by atomic mass is 9.86. The summed E-state index contributed by atoms with van der Waals surface area (Å²) in [5.41, 5.74) is 2.09. The van der Waals surface area contributed by atoms with Crippen molar-refractivity contribution in [1.29, 1.82) is 0 Å². The van der Waals surface area contributed by atoms with Crippen LogP contribution in [0.15, 0.2) is 78.9 Å². The molecule has 0 bridgehead atoms. The first kappa shape index (κ1) is 23.2. The molecule has 0 aliphatic carbocycles. The van der Waals surface area contributed by atoms with Gasteiger partial charge in [0.15, 0.2) is 11.5 Å². The highest BCUT2D eigenvalue weighted by Crippen LogP contribution is 2.52. The molecule has 184 valence electrons. The van der Waals surface area contributed by atoms with Crippen LogP contribution in [-0.4, -0.2) is 35.7 Å². The van der Waals surface area contributed by atoms with E-state index in [2.05, 4.69) is 0 Å². The number of ether oxygens (including phenoxy) is 1. The molecule has 6 rings (SSSR count). The molecule has 3 heterocycles. The number of hydrogen-bond donors (Lipinski definition) is 0. The van der Waals surface area contributed by atoms with Crippen molar-refractivity contribution in [2.24, 2.45) is 11.8 Å². The molecule has 3 aromatic carbocycles. The molecule has 7 nitrogen and oxygen atoms in total. The Kier molecular flexibility index (Phi) is 5.46. The first-order valence-electron chi connectivity index (χ1n) is 11.9. The molecule has 2 saturated heterocycles. The van der Waals surface area contributed by atoms with Crippen LogP contribution in [0.1, 0.15) is 22.8 Å². The molecule has 3 aliphatic rings. The molecule has 2 amide bonds. The Hall–Kier alpha value is -4.23. The van der Waals surface area contributed by atoms with E-state index < -0.39 is 35.8 Å². The average Bonchev–Trinajstić information content (AvgIpc) is 3.37. The lowest BCUT2D eigenvalue weighted by Crippen LogP contribution is -2.49. The van der Waals surface area contributed by atoms with Crippen molar-refractivity contribution < 1.29 is 23.9 Å². The third-order valence-corrected chi connectivity index (χ3v) is 7.41. The summed E-state index contributed by atoms with van der Waals surface area (Å²) >= 11 is 6.02. The molecular weight excluding hydrogens is 492 g/mol. The maximum Gasteiger partial charge on any atom is 0.308 e. The lowest BCUT2D eigenvalue weighted by molar-refractivity contribution is -0.132. The average molecular weight is 513 g/mol. The van der Waals surface area contributed by atoms with Crippen molar-refractivity contribution in [3.05, 3.63) is 95.0 Å². The van der Waals surface area contributed by atoms with Gasteiger partial charge in [0, 0.05) is 23.1 Å². The van der Waals surface area contributed by atoms with Crippen LogP contribution in [0, 0.1) is 11.8 Å². The van der Waals surface area contributed by atoms with Gasteiger partial charge in [0.25, 0.3) is 0 Å². The quantitative estimate of drug-likeness (QED) is 0.221. The van der Waals surface area contributed by atoms with Gasteiger partial charge in [0.05, 0.1) is 29.3 Å². The van der Waals surface area contributed by atoms with Gasteiger partial charge in [0.2, 0.25) is 11.8 Å². The molecule has 2 fully saturated rings. The van der Waals surface area contributed by atoms with Crippen LogP contribution in [0.5, 0.6) is 5.75 Å². The Balaban J connectivity index is 1.52. The van der Waals surface area contributed by atoms with Crippen molar-refractivity contribution >= 4 is 52.6 Å². The minimum absolute atomic E-state index is 0.277. The number of ketones is 1. The van der Waals surface area contributed by atoms with Crippen LogP contribution < -0.4 is 14.5 Å². The maximum absolute atomic E-state index is 14.1. The fraction of sp³-hybridized carbons (Fsp3) is 0.172. The van der Waals surface area contributed by atoms with Gasteiger partial charge >= 0.3 is 5.97 Å². The molecule has 0 saturated carbocycles. The predicted molar refractivity (Wildman–Crippen MR) is 139 cm³/mol. The number of esters is 1. The first-order valence-corrected chi connectivity index (χ1v) is 12.2. The summed E-state index contributed by atoms with van der Waals surface area (Å²) in [6.07, 6.45) is 3.70. The lowest BCUT2D eigenvalue weighted by Gasteiger charge is -2.37. The van der Waals surface area contributed by atoms with Crippen molar-refractivity contribution in [2.45, 2.75) is 19.0 Å². The third kappa shape index (κ3) is 3.57. The molecule has 3 aliphatic heterocycles. The van der Waals surface area contributed by atoms with Crippen LogP contribution in [0.4, 0.5) is 11.4 Å². The van der Waals surface area contributed by atoms with E-state index in [9.17, 15) is 19.2 Å². The van der Waals surface area contributed by atoms with E-state index >= 15 is 0 Å². The molecule has 0 unspecified atom stereocenters. The zero-order valence-corrected chi connectivity index (χ0v) is 20.5. The van der Waals surface area contributed by atoms with Crippen LogP contribution in [-0.2, 0) is 14.4 Å². The fourth-order valence-electron chi connectivity index (χ4n) is 5.73. The number of carbonyl (C=O) groups is 4. The standard InChI is InChI=1S/C29H21ClN2O5/c1-16(33)37-22-9-5-8-17-10-15-21-23-24(29(36)31(28(23)35)20-13-11-19(30)12-14-20)26(32(21)25(17)22)27(34)18-6-3-2-4-7-18/h2-15,21,23-24,26H,1H3/t21-,23-,24+,26-/m1/s1. The summed E-state index contributed by atoms with van der Waals surface area (Å²) in [6.45, 7) is 1.30. The van der Waals surface area contributed by atoms with Gasteiger partial charge in [0.1, 0.15) is 6.04 Å². The smallest absolute Gasteiger partial charge is 0.308 e. The number of carbonyl (C=O) groups excluding carboxylic acids is 4. The van der Waals surface area contributed by atoms with Crippen molar-refractivity contribution in [1.82, 2.24) is 0 Å². The Bertz CT molecular complexity index is 1480. The Labute approximate surface area is 217 Å².